The van der Waals surface area contributed by atoms with Crippen molar-refractivity contribution >= 4 is 29.6 Å². The molecule has 0 aromatic carbocycles. The van der Waals surface area contributed by atoms with Gasteiger partial charge in [0, 0.05) is 24.7 Å². The maximum Gasteiger partial charge on any atom is 0.408 e. The highest BCUT2D eigenvalue weighted by Gasteiger charge is 2.59. The lowest BCUT2D eigenvalue weighted by Crippen LogP contribution is -2.62. The van der Waals surface area contributed by atoms with Crippen molar-refractivity contribution in [3.8, 4) is 12.3 Å². The van der Waals surface area contributed by atoms with E-state index >= 15 is 4.39 Å². The fourth-order valence-electron chi connectivity index (χ4n) is 7.25. The number of ketones is 2. The molecule has 3 aliphatic rings. The predicted molar refractivity (Wildman–Crippen MR) is 169 cm³/mol. The minimum absolute atomic E-state index is 0.0843. The molecular weight excluding hydrogens is 631 g/mol. The van der Waals surface area contributed by atoms with Crippen LogP contribution in [0.3, 0.4) is 0 Å². The molecule has 3 saturated heterocycles. The van der Waals surface area contributed by atoms with Gasteiger partial charge in [-0.25, -0.2) is 14.0 Å². The van der Waals surface area contributed by atoms with Crippen molar-refractivity contribution in [2.45, 2.75) is 135 Å². The Labute approximate surface area is 282 Å². The number of Topliss-reactive ketones (excluding diaryl/α,β-unsaturated/α-hetero) is 2. The van der Waals surface area contributed by atoms with Crippen LogP contribution in [-0.2, 0) is 47.6 Å². The lowest BCUT2D eigenvalue weighted by atomic mass is 9.73. The van der Waals surface area contributed by atoms with E-state index in [4.69, 9.17) is 34.8 Å². The molecule has 1 N–H and O–H groups in total. The molecule has 0 aromatic heterocycles. The molecule has 0 spiro atoms. The van der Waals surface area contributed by atoms with E-state index in [0.29, 0.717) is 6.42 Å². The molecule has 270 valence electrons. The summed E-state index contributed by atoms with van der Waals surface area (Å²) in [5, 5.41) is 2.64. The first kappa shape index (κ1) is 39.3. The van der Waals surface area contributed by atoms with Crippen LogP contribution in [0.5, 0.6) is 0 Å². The van der Waals surface area contributed by atoms with Crippen molar-refractivity contribution in [3.05, 3.63) is 0 Å². The molecule has 3 heterocycles. The lowest BCUT2D eigenvalue weighted by Gasteiger charge is -2.48. The Bertz CT molecular complexity index is 1300. The fraction of sp³-hybridized carbons (Fsp3) is 0.794. The topological polar surface area (TPSA) is 156 Å². The number of halogens is 1. The van der Waals surface area contributed by atoms with Crippen molar-refractivity contribution in [1.29, 1.82) is 0 Å². The van der Waals surface area contributed by atoms with Gasteiger partial charge in [-0.15, -0.1) is 6.42 Å². The normalized spacial score (nSPS) is 42.9. The number of alkyl halides is 1. The average Bonchev–Trinajstić information content (AvgIpc) is 3.31. The molecule has 3 fully saturated rings. The van der Waals surface area contributed by atoms with E-state index in [1.807, 2.05) is 25.9 Å². The summed E-state index contributed by atoms with van der Waals surface area (Å²) in [5.74, 6) is -4.32. The van der Waals surface area contributed by atoms with Gasteiger partial charge in [0.05, 0.1) is 29.9 Å². The molecule has 0 aromatic rings. The van der Waals surface area contributed by atoms with Gasteiger partial charge in [-0.1, -0.05) is 26.7 Å². The van der Waals surface area contributed by atoms with Gasteiger partial charge in [0.15, 0.2) is 23.8 Å². The van der Waals surface area contributed by atoms with Crippen molar-refractivity contribution in [3.63, 3.8) is 0 Å². The molecule has 1 amide bonds. The molecule has 13 nitrogen and oxygen atoms in total. The number of likely N-dealkylation sites (N-methyl/N-ethyl adjacent to an activating group) is 1. The molecule has 0 bridgehead atoms. The van der Waals surface area contributed by atoms with Gasteiger partial charge in [-0.3, -0.25) is 14.4 Å². The maximum atomic E-state index is 16.5. The fourth-order valence-corrected chi connectivity index (χ4v) is 7.25. The zero-order valence-electron chi connectivity index (χ0n) is 29.8. The van der Waals surface area contributed by atoms with Crippen LogP contribution in [0.4, 0.5) is 9.18 Å². The minimum atomic E-state index is -3.20. The maximum absolute atomic E-state index is 16.5. The summed E-state index contributed by atoms with van der Waals surface area (Å²) in [4.78, 5) is 68.1. The Morgan fingerprint density at radius 1 is 1.08 bits per heavy atom. The molecule has 48 heavy (non-hydrogen) atoms. The zero-order chi connectivity index (χ0) is 36.5. The number of hydrogen-bond acceptors (Lipinski definition) is 12. The molecular formula is C34H51FN2O11. The van der Waals surface area contributed by atoms with E-state index in [1.165, 1.54) is 27.7 Å². The first-order chi connectivity index (χ1) is 22.1. The number of terminal acetylenes is 1. The SMILES string of the molecule is C#CCO[C@]1(C)C[C@@H](C)C(=O)[C@H](C)[C@H]2NC(=O)O[C@]2(C)[C@@H](C)OC(=O)[C@@](C)(F)C(=O)[C@H](C)[C@H]1O[C@@H]1O[C@H](C)C[C@H](N(C)C)[C@H]1OC(C)=O. The second-order valence-electron chi connectivity index (χ2n) is 14.2. The summed E-state index contributed by atoms with van der Waals surface area (Å²) in [6.45, 7) is 12.7. The van der Waals surface area contributed by atoms with Gasteiger partial charge >= 0.3 is 18.0 Å². The van der Waals surface area contributed by atoms with Crippen LogP contribution < -0.4 is 5.32 Å². The quantitative estimate of drug-likeness (QED) is 0.190. The Kier molecular flexibility index (Phi) is 12.1. The van der Waals surface area contributed by atoms with Gasteiger partial charge in [0.25, 0.3) is 5.67 Å². The highest BCUT2D eigenvalue weighted by molar-refractivity contribution is 6.07. The number of nitrogens with one attached hydrogen (secondary N) is 1. The van der Waals surface area contributed by atoms with Crippen LogP contribution in [-0.4, -0.2) is 115 Å². The Balaban J connectivity index is 2.21. The van der Waals surface area contributed by atoms with Crippen LogP contribution >= 0.6 is 0 Å². The van der Waals surface area contributed by atoms with Crippen LogP contribution in [0, 0.1) is 30.1 Å². The van der Waals surface area contributed by atoms with E-state index in [0.717, 1.165) is 6.92 Å². The zero-order valence-corrected chi connectivity index (χ0v) is 29.8. The molecule has 3 rings (SSSR count). The smallest absolute Gasteiger partial charge is 0.408 e. The van der Waals surface area contributed by atoms with Crippen molar-refractivity contribution in [2.75, 3.05) is 20.7 Å². The Hall–Kier alpha value is -3.12. The highest BCUT2D eigenvalue weighted by atomic mass is 19.1. The summed E-state index contributed by atoms with van der Waals surface area (Å²) in [6.07, 6.45) is -0.169. The second-order valence-corrected chi connectivity index (χ2v) is 14.2. The second kappa shape index (κ2) is 14.8. The van der Waals surface area contributed by atoms with Gasteiger partial charge < -0.3 is 38.6 Å². The van der Waals surface area contributed by atoms with Gasteiger partial charge in [0.2, 0.25) is 0 Å². The van der Waals surface area contributed by atoms with Gasteiger partial charge in [-0.05, 0) is 61.6 Å². The van der Waals surface area contributed by atoms with Crippen LogP contribution in [0.1, 0.15) is 75.2 Å². The van der Waals surface area contributed by atoms with Crippen molar-refractivity contribution in [1.82, 2.24) is 10.2 Å². The number of amides is 1. The van der Waals surface area contributed by atoms with E-state index < -0.39 is 89.1 Å². The average molecular weight is 683 g/mol. The largest absolute Gasteiger partial charge is 0.456 e. The number of esters is 2. The van der Waals surface area contributed by atoms with Crippen LogP contribution in [0.25, 0.3) is 0 Å². The number of carbonyl (C=O) groups is 5. The lowest BCUT2D eigenvalue weighted by molar-refractivity contribution is -0.299. The number of cyclic esters (lactones) is 1. The summed E-state index contributed by atoms with van der Waals surface area (Å²) in [6, 6.07) is -1.34. The first-order valence-corrected chi connectivity index (χ1v) is 16.3. The van der Waals surface area contributed by atoms with E-state index in [9.17, 15) is 24.0 Å². The predicted octanol–water partition coefficient (Wildman–Crippen LogP) is 2.75. The summed E-state index contributed by atoms with van der Waals surface area (Å²) in [7, 11) is 3.62. The molecule has 3 aliphatic heterocycles. The number of ether oxygens (including phenoxy) is 6. The molecule has 13 atom stereocenters. The number of alkyl carbamates (subject to hydrolysis) is 1. The minimum Gasteiger partial charge on any atom is -0.456 e. The van der Waals surface area contributed by atoms with Gasteiger partial charge in [-0.2, -0.15) is 0 Å². The summed E-state index contributed by atoms with van der Waals surface area (Å²) >= 11 is 0. The van der Waals surface area contributed by atoms with Crippen LogP contribution in [0.2, 0.25) is 0 Å². The van der Waals surface area contributed by atoms with Crippen molar-refractivity contribution in [2.24, 2.45) is 17.8 Å². The third-order valence-electron chi connectivity index (χ3n) is 10.1. The molecule has 0 aliphatic carbocycles. The standard InChI is InChI=1S/C34H51FN2O11/c1-13-14-43-32(8)16-17(2)24(39)19(4)26-34(10,48-31(42)36-26)21(6)45-30(41)33(9,35)27(40)20(5)28(32)47-29-25(46-22(7)38)23(37(11)12)15-18(3)44-29/h1,17-21,23,25-26,28-29H,14-16H2,2-12H3,(H,36,42)/t17-,18-,19+,20+,21-,23+,25-,26-,28-,29+,32-,33+,34-/m1/s1. The molecule has 14 heteroatoms. The number of rotatable bonds is 6. The van der Waals surface area contributed by atoms with Gasteiger partial charge in [0.1, 0.15) is 18.5 Å². The molecule has 0 unspecified atom stereocenters. The molecule has 0 radical (unpaired) electrons. The Morgan fingerprint density at radius 2 is 1.71 bits per heavy atom. The number of hydrogen-bond donors (Lipinski definition) is 1. The van der Waals surface area contributed by atoms with E-state index in [2.05, 4.69) is 11.2 Å². The Morgan fingerprint density at radius 3 is 2.27 bits per heavy atom. The first-order valence-electron chi connectivity index (χ1n) is 16.3. The number of nitrogens with zero attached hydrogens (tertiary/aromatic N) is 1. The number of carbonyl (C=O) groups excluding carboxylic acids is 5. The third kappa shape index (κ3) is 7.85. The monoisotopic (exact) mass is 682 g/mol. The summed E-state index contributed by atoms with van der Waals surface area (Å²) < 4.78 is 52.1. The van der Waals surface area contributed by atoms with Crippen LogP contribution in [0.15, 0.2) is 0 Å². The molecule has 0 saturated carbocycles. The van der Waals surface area contributed by atoms with E-state index in [-0.39, 0.29) is 31.0 Å². The highest BCUT2D eigenvalue weighted by Crippen LogP contribution is 2.41. The van der Waals surface area contributed by atoms with Crippen molar-refractivity contribution < 1.29 is 56.8 Å². The third-order valence-corrected chi connectivity index (χ3v) is 10.1. The number of fused-ring (bicyclic) bond motifs is 1. The van der Waals surface area contributed by atoms with E-state index in [1.54, 1.807) is 20.8 Å². The summed E-state index contributed by atoms with van der Waals surface area (Å²) in [5.41, 5.74) is -6.36.